The number of aryl methyl sites for hydroxylation is 1. The van der Waals surface area contributed by atoms with Crippen LogP contribution in [0.25, 0.3) is 10.2 Å². The van der Waals surface area contributed by atoms with Crippen LogP contribution in [-0.2, 0) is 11.3 Å². The molecule has 37 heavy (non-hydrogen) atoms. The highest BCUT2D eigenvalue weighted by Crippen LogP contribution is 2.37. The van der Waals surface area contributed by atoms with Crippen molar-refractivity contribution < 1.29 is 18.8 Å². The fraction of sp³-hybridized carbons (Fsp3) is 0.286. The standard InChI is InChI=1S/C28H26N4O4S/c1-17-29-22-14-19(10-11-24(22)37-17)32-27(34)21-8-3-9-23(25(21)28(32)35)31-12-4-6-18(15-31)26(33)30(2)16-20-7-5-13-36-20/h3,5,7-11,13-14,18H,4,6,12,15-16H2,1-2H3/t18-/m1/s1. The van der Waals surface area contributed by atoms with Crippen molar-refractivity contribution in [1.82, 2.24) is 9.88 Å². The lowest BCUT2D eigenvalue weighted by Gasteiger charge is -2.36. The Balaban J connectivity index is 1.26. The maximum Gasteiger partial charge on any atom is 0.268 e. The molecule has 2 aromatic heterocycles. The molecule has 2 aromatic carbocycles. The van der Waals surface area contributed by atoms with Gasteiger partial charge in [-0.2, -0.15) is 0 Å². The molecule has 188 valence electrons. The van der Waals surface area contributed by atoms with Crippen LogP contribution < -0.4 is 9.80 Å². The number of aromatic nitrogens is 1. The molecule has 0 unspecified atom stereocenters. The number of hydrogen-bond donors (Lipinski definition) is 0. The summed E-state index contributed by atoms with van der Waals surface area (Å²) in [4.78, 5) is 49.8. The molecule has 4 heterocycles. The smallest absolute Gasteiger partial charge is 0.268 e. The van der Waals surface area contributed by atoms with Crippen molar-refractivity contribution in [1.29, 1.82) is 0 Å². The highest BCUT2D eigenvalue weighted by Gasteiger charge is 2.40. The number of carbonyl (C=O) groups is 3. The molecule has 1 fully saturated rings. The van der Waals surface area contributed by atoms with Crippen LogP contribution in [-0.4, -0.2) is 47.7 Å². The van der Waals surface area contributed by atoms with Crippen molar-refractivity contribution in [2.24, 2.45) is 5.92 Å². The van der Waals surface area contributed by atoms with Crippen LogP contribution in [0, 0.1) is 12.8 Å². The van der Waals surface area contributed by atoms with E-state index in [-0.39, 0.29) is 23.6 Å². The zero-order valence-corrected chi connectivity index (χ0v) is 21.5. The minimum absolute atomic E-state index is 0.0459. The van der Waals surface area contributed by atoms with E-state index in [1.807, 2.05) is 37.3 Å². The highest BCUT2D eigenvalue weighted by atomic mass is 32.1. The van der Waals surface area contributed by atoms with Gasteiger partial charge in [0.1, 0.15) is 5.76 Å². The molecule has 0 bridgehead atoms. The van der Waals surface area contributed by atoms with Crippen molar-refractivity contribution in [2.75, 3.05) is 29.9 Å². The molecule has 9 heteroatoms. The van der Waals surface area contributed by atoms with Crippen molar-refractivity contribution in [3.8, 4) is 0 Å². The van der Waals surface area contributed by atoms with E-state index in [2.05, 4.69) is 9.88 Å². The second kappa shape index (κ2) is 9.15. The van der Waals surface area contributed by atoms with Gasteiger partial charge >= 0.3 is 0 Å². The molecule has 0 radical (unpaired) electrons. The Labute approximate surface area is 218 Å². The van der Waals surface area contributed by atoms with Gasteiger partial charge in [-0.3, -0.25) is 14.4 Å². The van der Waals surface area contributed by atoms with Gasteiger partial charge in [-0.15, -0.1) is 11.3 Å². The second-order valence-corrected chi connectivity index (χ2v) is 10.8. The lowest BCUT2D eigenvalue weighted by Crippen LogP contribution is -2.44. The number of benzene rings is 2. The lowest BCUT2D eigenvalue weighted by atomic mass is 9.95. The first-order valence-electron chi connectivity index (χ1n) is 12.3. The molecule has 0 N–H and O–H groups in total. The number of thiazole rings is 1. The van der Waals surface area contributed by atoms with Gasteiger partial charge in [0.05, 0.1) is 56.5 Å². The third-order valence-electron chi connectivity index (χ3n) is 7.09. The first kappa shape index (κ1) is 23.4. The van der Waals surface area contributed by atoms with Crippen molar-refractivity contribution in [2.45, 2.75) is 26.3 Å². The average molecular weight is 515 g/mol. The Morgan fingerprint density at radius 3 is 2.84 bits per heavy atom. The zero-order valence-electron chi connectivity index (χ0n) is 20.6. The third-order valence-corrected chi connectivity index (χ3v) is 8.04. The number of furan rings is 1. The summed E-state index contributed by atoms with van der Waals surface area (Å²) in [7, 11) is 1.78. The van der Waals surface area contributed by atoms with Crippen molar-refractivity contribution >= 4 is 50.6 Å². The van der Waals surface area contributed by atoms with Gasteiger partial charge in [-0.1, -0.05) is 6.07 Å². The number of amides is 3. The maximum absolute atomic E-state index is 13.7. The highest BCUT2D eigenvalue weighted by molar-refractivity contribution is 7.18. The van der Waals surface area contributed by atoms with E-state index in [1.54, 1.807) is 47.7 Å². The number of imide groups is 1. The van der Waals surface area contributed by atoms with E-state index in [9.17, 15) is 14.4 Å². The van der Waals surface area contributed by atoms with Crippen LogP contribution in [0.3, 0.4) is 0 Å². The third kappa shape index (κ3) is 4.09. The van der Waals surface area contributed by atoms with E-state index in [4.69, 9.17) is 4.42 Å². The Hall–Kier alpha value is -3.98. The fourth-order valence-corrected chi connectivity index (χ4v) is 6.17. The van der Waals surface area contributed by atoms with Crippen LogP contribution in [0.2, 0.25) is 0 Å². The largest absolute Gasteiger partial charge is 0.467 e. The first-order valence-corrected chi connectivity index (χ1v) is 13.1. The number of hydrogen-bond acceptors (Lipinski definition) is 7. The summed E-state index contributed by atoms with van der Waals surface area (Å²) in [5.74, 6) is -0.103. The summed E-state index contributed by atoms with van der Waals surface area (Å²) < 4.78 is 6.41. The normalized spacial score (nSPS) is 17.5. The maximum atomic E-state index is 13.7. The summed E-state index contributed by atoms with van der Waals surface area (Å²) in [5.41, 5.74) is 2.78. The zero-order chi connectivity index (χ0) is 25.7. The molecule has 8 nitrogen and oxygen atoms in total. The monoisotopic (exact) mass is 514 g/mol. The van der Waals surface area contributed by atoms with Crippen LogP contribution >= 0.6 is 11.3 Å². The minimum Gasteiger partial charge on any atom is -0.467 e. The van der Waals surface area contributed by atoms with Gasteiger partial charge < -0.3 is 14.2 Å². The van der Waals surface area contributed by atoms with Gasteiger partial charge in [0.25, 0.3) is 11.8 Å². The quantitative estimate of drug-likeness (QED) is 0.353. The van der Waals surface area contributed by atoms with Gasteiger partial charge in [0.15, 0.2) is 0 Å². The molecule has 0 spiro atoms. The van der Waals surface area contributed by atoms with E-state index >= 15 is 0 Å². The summed E-state index contributed by atoms with van der Waals surface area (Å²) in [6.07, 6.45) is 3.20. The molecule has 1 saturated heterocycles. The number of nitrogens with zero attached hydrogens (tertiary/aromatic N) is 4. The summed E-state index contributed by atoms with van der Waals surface area (Å²) in [6.45, 7) is 3.55. The predicted octanol–water partition coefficient (Wildman–Crippen LogP) is 4.87. The van der Waals surface area contributed by atoms with Gasteiger partial charge in [0.2, 0.25) is 5.91 Å². The first-order chi connectivity index (χ1) is 17.9. The molecule has 1 atom stereocenters. The SMILES string of the molecule is Cc1nc2cc(N3C(=O)c4cccc(N5CCC[C@@H](C(=O)N(C)Cc6ccco6)C5)c4C3=O)ccc2s1. The Bertz CT molecular complexity index is 1530. The minimum atomic E-state index is -0.342. The molecular weight excluding hydrogens is 488 g/mol. The molecular formula is C28H26N4O4S. The van der Waals surface area contributed by atoms with E-state index in [0.29, 0.717) is 42.1 Å². The molecule has 6 rings (SSSR count). The van der Waals surface area contributed by atoms with Crippen molar-refractivity contribution in [3.63, 3.8) is 0 Å². The average Bonchev–Trinajstić information content (AvgIpc) is 3.61. The topological polar surface area (TPSA) is 87.0 Å². The number of fused-ring (bicyclic) bond motifs is 2. The Kier molecular flexibility index (Phi) is 5.79. The lowest BCUT2D eigenvalue weighted by molar-refractivity contribution is -0.135. The van der Waals surface area contributed by atoms with Crippen molar-refractivity contribution in [3.05, 3.63) is 76.7 Å². The Morgan fingerprint density at radius 2 is 2.03 bits per heavy atom. The van der Waals surface area contributed by atoms with E-state index in [0.717, 1.165) is 33.8 Å². The second-order valence-electron chi connectivity index (χ2n) is 9.59. The molecule has 3 amide bonds. The van der Waals surface area contributed by atoms with Gasteiger partial charge in [0, 0.05) is 20.1 Å². The van der Waals surface area contributed by atoms with Crippen LogP contribution in [0.1, 0.15) is 44.3 Å². The summed E-state index contributed by atoms with van der Waals surface area (Å²) in [5, 5.41) is 0.931. The summed E-state index contributed by atoms with van der Waals surface area (Å²) >= 11 is 1.58. The molecule has 0 saturated carbocycles. The van der Waals surface area contributed by atoms with E-state index in [1.165, 1.54) is 4.90 Å². The Morgan fingerprint density at radius 1 is 1.16 bits per heavy atom. The molecule has 2 aliphatic heterocycles. The van der Waals surface area contributed by atoms with Crippen LogP contribution in [0.4, 0.5) is 11.4 Å². The van der Waals surface area contributed by atoms with Crippen LogP contribution in [0.5, 0.6) is 0 Å². The van der Waals surface area contributed by atoms with Gasteiger partial charge in [-0.25, -0.2) is 9.88 Å². The number of carbonyl (C=O) groups excluding carboxylic acids is 3. The number of piperidine rings is 1. The predicted molar refractivity (Wildman–Crippen MR) is 142 cm³/mol. The molecule has 0 aliphatic carbocycles. The number of anilines is 2. The van der Waals surface area contributed by atoms with E-state index < -0.39 is 0 Å². The fourth-order valence-electron chi connectivity index (χ4n) is 5.36. The van der Waals surface area contributed by atoms with Gasteiger partial charge in [-0.05, 0) is 62.2 Å². The molecule has 4 aromatic rings. The summed E-state index contributed by atoms with van der Waals surface area (Å²) in [6, 6.07) is 14.5. The number of rotatable bonds is 5. The molecule has 2 aliphatic rings. The van der Waals surface area contributed by atoms with Crippen LogP contribution in [0.15, 0.2) is 59.2 Å².